The molecule has 198 valence electrons. The van der Waals surface area contributed by atoms with Crippen molar-refractivity contribution >= 4 is 28.9 Å². The molecule has 39 heavy (non-hydrogen) atoms. The Morgan fingerprint density at radius 3 is 2.36 bits per heavy atom. The number of para-hydroxylation sites is 1. The SMILES string of the molecule is O=C(NC(Cc1c[nH]c2ccccc12)C(=O)N1CCC[C@H]1C(=O)O)OCC1c2ccccc2-c2ccccc21. The molecular weight excluding hydrogens is 494 g/mol. The van der Waals surface area contributed by atoms with Crippen molar-refractivity contribution in [3.05, 3.63) is 95.7 Å². The third-order valence-electron chi connectivity index (χ3n) is 7.85. The van der Waals surface area contributed by atoms with Gasteiger partial charge in [-0.2, -0.15) is 0 Å². The Hall–Kier alpha value is -4.59. The van der Waals surface area contributed by atoms with Gasteiger partial charge in [-0.1, -0.05) is 66.7 Å². The van der Waals surface area contributed by atoms with Gasteiger partial charge in [-0.05, 0) is 46.7 Å². The van der Waals surface area contributed by atoms with Gasteiger partial charge in [0.15, 0.2) is 0 Å². The van der Waals surface area contributed by atoms with Crippen molar-refractivity contribution in [1.29, 1.82) is 0 Å². The minimum atomic E-state index is -1.03. The van der Waals surface area contributed by atoms with Gasteiger partial charge in [0.1, 0.15) is 18.7 Å². The Morgan fingerprint density at radius 1 is 0.974 bits per heavy atom. The number of aliphatic carboxylic acids is 1. The fraction of sp³-hybridized carbons (Fsp3) is 0.258. The molecule has 2 heterocycles. The smallest absolute Gasteiger partial charge is 0.407 e. The topological polar surface area (TPSA) is 112 Å². The van der Waals surface area contributed by atoms with Crippen molar-refractivity contribution in [2.45, 2.75) is 37.3 Å². The molecule has 1 saturated heterocycles. The number of alkyl carbamates (subject to hydrolysis) is 1. The summed E-state index contributed by atoms with van der Waals surface area (Å²) >= 11 is 0. The predicted molar refractivity (Wildman–Crippen MR) is 146 cm³/mol. The fourth-order valence-corrected chi connectivity index (χ4v) is 5.99. The van der Waals surface area contributed by atoms with Gasteiger partial charge >= 0.3 is 12.1 Å². The zero-order valence-corrected chi connectivity index (χ0v) is 21.3. The highest BCUT2D eigenvalue weighted by Crippen LogP contribution is 2.44. The van der Waals surface area contributed by atoms with Crippen LogP contribution < -0.4 is 5.32 Å². The van der Waals surface area contributed by atoms with Crippen LogP contribution in [-0.2, 0) is 20.7 Å². The quantitative estimate of drug-likeness (QED) is 0.325. The van der Waals surface area contributed by atoms with Gasteiger partial charge in [-0.15, -0.1) is 0 Å². The standard InChI is InChI=1S/C31H29N3O5/c35-29(34-15-7-14-28(34)30(36)37)27(16-19-17-32-26-13-6-5-8-20(19)26)33-31(38)39-18-25-23-11-3-1-9-21(23)22-10-2-4-12-24(22)25/h1-6,8-13,17,25,27-28,32H,7,14-16,18H2,(H,33,38)(H,36,37)/t27?,28-/m0/s1. The van der Waals surface area contributed by atoms with Crippen LogP contribution >= 0.6 is 0 Å². The van der Waals surface area contributed by atoms with Gasteiger partial charge < -0.3 is 25.0 Å². The third-order valence-corrected chi connectivity index (χ3v) is 7.85. The van der Waals surface area contributed by atoms with Crippen LogP contribution in [0.1, 0.15) is 35.4 Å². The number of carboxylic acid groups (broad SMARTS) is 1. The maximum absolute atomic E-state index is 13.6. The molecule has 4 aromatic rings. The second kappa shape index (κ2) is 10.3. The molecular formula is C31H29N3O5. The molecule has 6 rings (SSSR count). The molecule has 2 atom stereocenters. The number of amides is 2. The lowest BCUT2D eigenvalue weighted by Crippen LogP contribution is -2.52. The number of hydrogen-bond acceptors (Lipinski definition) is 4. The molecule has 1 aliphatic carbocycles. The lowest BCUT2D eigenvalue weighted by atomic mass is 9.98. The van der Waals surface area contributed by atoms with Crippen LogP contribution in [-0.4, -0.2) is 58.2 Å². The second-order valence-electron chi connectivity index (χ2n) is 10.1. The van der Waals surface area contributed by atoms with E-state index in [0.29, 0.717) is 19.4 Å². The number of rotatable bonds is 7. The summed E-state index contributed by atoms with van der Waals surface area (Å²) in [6.45, 7) is 0.460. The number of H-pyrrole nitrogens is 1. The minimum Gasteiger partial charge on any atom is -0.480 e. The Bertz CT molecular complexity index is 1520. The highest BCUT2D eigenvalue weighted by Gasteiger charge is 2.38. The number of carbonyl (C=O) groups excluding carboxylic acids is 2. The van der Waals surface area contributed by atoms with E-state index in [4.69, 9.17) is 4.74 Å². The van der Waals surface area contributed by atoms with E-state index < -0.39 is 30.1 Å². The molecule has 1 unspecified atom stereocenters. The molecule has 3 N–H and O–H groups in total. The van der Waals surface area contributed by atoms with Crippen LogP contribution in [0.4, 0.5) is 4.79 Å². The average Bonchev–Trinajstić information content (AvgIpc) is 3.68. The number of aromatic nitrogens is 1. The molecule has 0 bridgehead atoms. The highest BCUT2D eigenvalue weighted by atomic mass is 16.5. The summed E-state index contributed by atoms with van der Waals surface area (Å²) < 4.78 is 5.72. The van der Waals surface area contributed by atoms with Crippen molar-refractivity contribution < 1.29 is 24.2 Å². The van der Waals surface area contributed by atoms with Crippen LogP contribution in [0.3, 0.4) is 0 Å². The van der Waals surface area contributed by atoms with E-state index >= 15 is 0 Å². The number of benzene rings is 3. The summed E-state index contributed by atoms with van der Waals surface area (Å²) in [5.41, 5.74) is 6.23. The van der Waals surface area contributed by atoms with Crippen LogP contribution in [0, 0.1) is 0 Å². The molecule has 0 spiro atoms. The second-order valence-corrected chi connectivity index (χ2v) is 10.1. The first-order valence-electron chi connectivity index (χ1n) is 13.2. The van der Waals surface area contributed by atoms with E-state index in [0.717, 1.165) is 38.7 Å². The van der Waals surface area contributed by atoms with Crippen molar-refractivity contribution in [2.24, 2.45) is 0 Å². The van der Waals surface area contributed by atoms with Gasteiger partial charge in [0.25, 0.3) is 0 Å². The first kappa shape index (κ1) is 24.7. The van der Waals surface area contributed by atoms with Crippen LogP contribution in [0.25, 0.3) is 22.0 Å². The summed E-state index contributed by atoms with van der Waals surface area (Å²) in [4.78, 5) is 43.1. The number of fused-ring (bicyclic) bond motifs is 4. The Labute approximate surface area is 225 Å². The zero-order chi connectivity index (χ0) is 26.9. The normalized spacial score (nSPS) is 17.0. The average molecular weight is 524 g/mol. The van der Waals surface area contributed by atoms with E-state index in [9.17, 15) is 19.5 Å². The van der Waals surface area contributed by atoms with E-state index in [2.05, 4.69) is 22.4 Å². The van der Waals surface area contributed by atoms with Gasteiger partial charge in [-0.3, -0.25) is 4.79 Å². The third kappa shape index (κ3) is 4.63. The van der Waals surface area contributed by atoms with Gasteiger partial charge in [0, 0.05) is 36.0 Å². The molecule has 0 saturated carbocycles. The number of likely N-dealkylation sites (tertiary alicyclic amines) is 1. The Balaban J connectivity index is 1.22. The lowest BCUT2D eigenvalue weighted by molar-refractivity contribution is -0.148. The number of aromatic amines is 1. The molecule has 1 aliphatic heterocycles. The van der Waals surface area contributed by atoms with E-state index in [-0.39, 0.29) is 18.9 Å². The van der Waals surface area contributed by atoms with Crippen molar-refractivity contribution in [3.8, 4) is 11.1 Å². The summed E-state index contributed by atoms with van der Waals surface area (Å²) in [6.07, 6.45) is 2.32. The molecule has 2 aliphatic rings. The molecule has 0 radical (unpaired) electrons. The Kier molecular flexibility index (Phi) is 6.52. The maximum atomic E-state index is 13.6. The maximum Gasteiger partial charge on any atom is 0.407 e. The van der Waals surface area contributed by atoms with Crippen LogP contribution in [0.5, 0.6) is 0 Å². The first-order chi connectivity index (χ1) is 19.0. The summed E-state index contributed by atoms with van der Waals surface area (Å²) in [5, 5.41) is 13.4. The number of ether oxygens (including phenoxy) is 1. The van der Waals surface area contributed by atoms with Crippen LogP contribution in [0.15, 0.2) is 79.0 Å². The fourth-order valence-electron chi connectivity index (χ4n) is 5.99. The predicted octanol–water partition coefficient (Wildman–Crippen LogP) is 4.69. The van der Waals surface area contributed by atoms with Crippen LogP contribution in [0.2, 0.25) is 0 Å². The highest BCUT2D eigenvalue weighted by molar-refractivity contribution is 5.91. The first-order valence-corrected chi connectivity index (χ1v) is 13.2. The number of nitrogens with zero attached hydrogens (tertiary/aromatic N) is 1. The lowest BCUT2D eigenvalue weighted by Gasteiger charge is -2.27. The van der Waals surface area contributed by atoms with E-state index in [1.54, 1.807) is 0 Å². The van der Waals surface area contributed by atoms with E-state index in [1.807, 2.05) is 66.9 Å². The largest absolute Gasteiger partial charge is 0.480 e. The summed E-state index contributed by atoms with van der Waals surface area (Å²) in [5.74, 6) is -1.56. The number of carbonyl (C=O) groups is 3. The molecule has 8 heteroatoms. The molecule has 1 aromatic heterocycles. The van der Waals surface area contributed by atoms with Gasteiger partial charge in [-0.25, -0.2) is 9.59 Å². The van der Waals surface area contributed by atoms with Crippen molar-refractivity contribution in [2.75, 3.05) is 13.2 Å². The summed E-state index contributed by atoms with van der Waals surface area (Å²) in [7, 11) is 0. The molecule has 3 aromatic carbocycles. The zero-order valence-electron chi connectivity index (χ0n) is 21.3. The molecule has 8 nitrogen and oxygen atoms in total. The number of nitrogens with one attached hydrogen (secondary N) is 2. The van der Waals surface area contributed by atoms with Gasteiger partial charge in [0.05, 0.1) is 0 Å². The summed E-state index contributed by atoms with van der Waals surface area (Å²) in [6, 6.07) is 22.0. The van der Waals surface area contributed by atoms with Crippen molar-refractivity contribution in [1.82, 2.24) is 15.2 Å². The monoisotopic (exact) mass is 523 g/mol. The molecule has 2 amide bonds. The Morgan fingerprint density at radius 2 is 1.64 bits per heavy atom. The molecule has 1 fully saturated rings. The van der Waals surface area contributed by atoms with E-state index in [1.165, 1.54) is 4.90 Å². The van der Waals surface area contributed by atoms with Gasteiger partial charge in [0.2, 0.25) is 5.91 Å². The number of carboxylic acids is 1. The number of hydrogen-bond donors (Lipinski definition) is 3. The van der Waals surface area contributed by atoms with Crippen molar-refractivity contribution in [3.63, 3.8) is 0 Å². The minimum absolute atomic E-state index is 0.110.